The molecule has 0 saturated carbocycles. The van der Waals surface area contributed by atoms with Gasteiger partial charge in [0.1, 0.15) is 24.9 Å². The van der Waals surface area contributed by atoms with Gasteiger partial charge in [-0.3, -0.25) is 19.7 Å². The third kappa shape index (κ3) is 4.49. The van der Waals surface area contributed by atoms with E-state index in [-0.39, 0.29) is 24.4 Å². The minimum absolute atomic E-state index is 0.0980. The lowest BCUT2D eigenvalue weighted by Gasteiger charge is -2.23. The molecule has 2 aliphatic heterocycles. The van der Waals surface area contributed by atoms with Crippen LogP contribution in [0.4, 0.5) is 4.79 Å². The molecule has 2 saturated heterocycles. The minimum atomic E-state index is -4.18. The normalized spacial score (nSPS) is 22.3. The molecule has 2 atom stereocenters. The van der Waals surface area contributed by atoms with Gasteiger partial charge in [-0.25, -0.2) is 18.7 Å². The van der Waals surface area contributed by atoms with Gasteiger partial charge in [0, 0.05) is 20.7 Å². The molecule has 12 nitrogen and oxygen atoms in total. The van der Waals surface area contributed by atoms with Crippen molar-refractivity contribution in [2.45, 2.75) is 23.4 Å². The summed E-state index contributed by atoms with van der Waals surface area (Å²) in [6.45, 7) is 0.277. The molecule has 1 aromatic rings. The second kappa shape index (κ2) is 9.18. The zero-order valence-corrected chi connectivity index (χ0v) is 17.9. The number of amides is 4. The van der Waals surface area contributed by atoms with Crippen molar-refractivity contribution in [3.63, 3.8) is 0 Å². The largest absolute Gasteiger partial charge is 0.491 e. The van der Waals surface area contributed by atoms with Crippen LogP contribution in [0.1, 0.15) is 6.42 Å². The number of methoxy groups -OCH3 is 1. The number of benzene rings is 1. The van der Waals surface area contributed by atoms with E-state index in [0.29, 0.717) is 19.0 Å². The Morgan fingerprint density at radius 3 is 2.45 bits per heavy atom. The number of hydrogen-bond donors (Lipinski definition) is 2. The lowest BCUT2D eigenvalue weighted by Crippen LogP contribution is -2.45. The van der Waals surface area contributed by atoms with Crippen LogP contribution in [-0.4, -0.2) is 98.1 Å². The maximum Gasteiger partial charge on any atom is 0.327 e. The van der Waals surface area contributed by atoms with Gasteiger partial charge in [-0.15, -0.1) is 0 Å². The fourth-order valence-electron chi connectivity index (χ4n) is 3.63. The number of nitrogens with one attached hydrogen (secondary N) is 1. The predicted octanol–water partition coefficient (Wildman–Crippen LogP) is -0.757. The van der Waals surface area contributed by atoms with Gasteiger partial charge in [0.25, 0.3) is 11.8 Å². The Bertz CT molecular complexity index is 952. The standard InChI is InChI=1S/C18H24N4O8S/c1-20-11-16(23)22(18(20)25)12-9-15(17(24)19-26)21(10-12)31(27,28)14-5-3-13(4-6-14)30-8-7-29-2/h3-6,12,15,26H,7-11H2,1-2H3,(H,19,24)/t12?,15-/m1/s1. The van der Waals surface area contributed by atoms with Crippen LogP contribution >= 0.6 is 0 Å². The molecule has 2 N–H and O–H groups in total. The molecule has 1 unspecified atom stereocenters. The molecule has 4 amide bonds. The number of carbonyl (C=O) groups excluding carboxylic acids is 3. The summed E-state index contributed by atoms with van der Waals surface area (Å²) in [6, 6.07) is 2.93. The molecule has 0 aromatic heterocycles. The maximum atomic E-state index is 13.2. The van der Waals surface area contributed by atoms with Gasteiger partial charge in [-0.1, -0.05) is 0 Å². The number of rotatable bonds is 8. The topological polar surface area (TPSA) is 146 Å². The molecule has 0 radical (unpaired) electrons. The number of nitrogens with zero attached hydrogens (tertiary/aromatic N) is 3. The van der Waals surface area contributed by atoms with Crippen LogP contribution in [0.25, 0.3) is 0 Å². The molecule has 0 aliphatic carbocycles. The van der Waals surface area contributed by atoms with Crippen LogP contribution in [-0.2, 0) is 24.3 Å². The molecule has 2 heterocycles. The molecule has 13 heteroatoms. The van der Waals surface area contributed by atoms with Crippen molar-refractivity contribution < 1.29 is 37.5 Å². The van der Waals surface area contributed by atoms with E-state index in [9.17, 15) is 22.8 Å². The smallest absolute Gasteiger partial charge is 0.327 e. The van der Waals surface area contributed by atoms with E-state index in [1.54, 1.807) is 0 Å². The summed E-state index contributed by atoms with van der Waals surface area (Å²) in [7, 11) is -1.19. The number of hydroxylamine groups is 1. The first-order chi connectivity index (χ1) is 14.7. The zero-order chi connectivity index (χ0) is 22.8. The fourth-order valence-corrected chi connectivity index (χ4v) is 5.27. The number of urea groups is 1. The highest BCUT2D eigenvalue weighted by atomic mass is 32.2. The van der Waals surface area contributed by atoms with Crippen molar-refractivity contribution in [2.75, 3.05) is 40.5 Å². The summed E-state index contributed by atoms with van der Waals surface area (Å²) in [5.74, 6) is -0.980. The van der Waals surface area contributed by atoms with Crippen molar-refractivity contribution in [3.8, 4) is 5.75 Å². The lowest BCUT2D eigenvalue weighted by molar-refractivity contribution is -0.132. The zero-order valence-electron chi connectivity index (χ0n) is 17.1. The van der Waals surface area contributed by atoms with E-state index < -0.39 is 40.0 Å². The third-order valence-corrected chi connectivity index (χ3v) is 7.06. The van der Waals surface area contributed by atoms with Crippen LogP contribution in [0.5, 0.6) is 5.75 Å². The minimum Gasteiger partial charge on any atom is -0.491 e. The molecule has 0 spiro atoms. The predicted molar refractivity (Wildman–Crippen MR) is 105 cm³/mol. The summed E-state index contributed by atoms with van der Waals surface area (Å²) in [6.07, 6.45) is -0.130. The van der Waals surface area contributed by atoms with Crippen molar-refractivity contribution in [3.05, 3.63) is 24.3 Å². The Morgan fingerprint density at radius 2 is 1.90 bits per heavy atom. The van der Waals surface area contributed by atoms with Gasteiger partial charge in [-0.2, -0.15) is 4.31 Å². The average molecular weight is 456 g/mol. The van der Waals surface area contributed by atoms with Crippen molar-refractivity contribution >= 4 is 27.9 Å². The van der Waals surface area contributed by atoms with Crippen LogP contribution in [0, 0.1) is 0 Å². The van der Waals surface area contributed by atoms with Crippen LogP contribution in [0.3, 0.4) is 0 Å². The highest BCUT2D eigenvalue weighted by Gasteiger charge is 2.50. The maximum absolute atomic E-state index is 13.2. The molecule has 170 valence electrons. The fraction of sp³-hybridized carbons (Fsp3) is 0.500. The number of ether oxygens (including phenoxy) is 2. The van der Waals surface area contributed by atoms with E-state index in [1.807, 2.05) is 0 Å². The summed E-state index contributed by atoms with van der Waals surface area (Å²) < 4.78 is 37.7. The first-order valence-electron chi connectivity index (χ1n) is 9.45. The Hall–Kier alpha value is -2.74. The van der Waals surface area contributed by atoms with Crippen molar-refractivity contribution in [2.24, 2.45) is 0 Å². The molecular weight excluding hydrogens is 432 g/mol. The van der Waals surface area contributed by atoms with Gasteiger partial charge in [-0.05, 0) is 30.7 Å². The number of hydrogen-bond acceptors (Lipinski definition) is 8. The van der Waals surface area contributed by atoms with Gasteiger partial charge < -0.3 is 14.4 Å². The SMILES string of the molecule is COCCOc1ccc(S(=O)(=O)N2CC(N3C(=O)CN(C)C3=O)C[C@@H]2C(=O)NO)cc1. The van der Waals surface area contributed by atoms with Gasteiger partial charge in [0.05, 0.1) is 17.5 Å². The first-order valence-corrected chi connectivity index (χ1v) is 10.9. The van der Waals surface area contributed by atoms with Crippen LogP contribution < -0.4 is 10.2 Å². The van der Waals surface area contributed by atoms with Crippen LogP contribution in [0.15, 0.2) is 29.2 Å². The quantitative estimate of drug-likeness (QED) is 0.225. The number of carbonyl (C=O) groups is 3. The van der Waals surface area contributed by atoms with Crippen molar-refractivity contribution in [1.29, 1.82) is 0 Å². The Balaban J connectivity index is 1.84. The highest BCUT2D eigenvalue weighted by molar-refractivity contribution is 7.89. The number of imide groups is 1. The van der Waals surface area contributed by atoms with Gasteiger partial charge >= 0.3 is 6.03 Å². The molecule has 31 heavy (non-hydrogen) atoms. The average Bonchev–Trinajstić information content (AvgIpc) is 3.29. The second-order valence-corrected chi connectivity index (χ2v) is 9.06. The van der Waals surface area contributed by atoms with Gasteiger partial charge in [0.2, 0.25) is 10.0 Å². The molecular formula is C18H24N4O8S. The highest BCUT2D eigenvalue weighted by Crippen LogP contribution is 2.31. The van der Waals surface area contributed by atoms with E-state index in [4.69, 9.17) is 14.7 Å². The monoisotopic (exact) mass is 456 g/mol. The van der Waals surface area contributed by atoms with E-state index in [1.165, 1.54) is 48.8 Å². The second-order valence-electron chi connectivity index (χ2n) is 7.17. The lowest BCUT2D eigenvalue weighted by atomic mass is 10.1. The molecule has 2 aliphatic rings. The number of likely N-dealkylation sites (N-methyl/N-ethyl adjacent to an activating group) is 1. The van der Waals surface area contributed by atoms with Crippen LogP contribution in [0.2, 0.25) is 0 Å². The third-order valence-electron chi connectivity index (χ3n) is 5.17. The van der Waals surface area contributed by atoms with E-state index in [0.717, 1.165) is 9.21 Å². The molecule has 3 rings (SSSR count). The summed E-state index contributed by atoms with van der Waals surface area (Å²) in [4.78, 5) is 38.8. The Morgan fingerprint density at radius 1 is 1.23 bits per heavy atom. The van der Waals surface area contributed by atoms with E-state index >= 15 is 0 Å². The summed E-state index contributed by atoms with van der Waals surface area (Å²) in [5.41, 5.74) is 1.46. The molecule has 1 aromatic carbocycles. The number of sulfonamides is 1. The Kier molecular flexibility index (Phi) is 6.79. The molecule has 0 bridgehead atoms. The summed E-state index contributed by atoms with van der Waals surface area (Å²) >= 11 is 0. The summed E-state index contributed by atoms with van der Waals surface area (Å²) in [5, 5.41) is 9.08. The van der Waals surface area contributed by atoms with Gasteiger partial charge in [0.15, 0.2) is 0 Å². The Labute approximate surface area is 179 Å². The molecule has 2 fully saturated rings. The van der Waals surface area contributed by atoms with E-state index in [2.05, 4.69) is 0 Å². The first kappa shape index (κ1) is 22.9. The van der Waals surface area contributed by atoms with Crippen molar-refractivity contribution in [1.82, 2.24) is 19.6 Å².